The lowest BCUT2D eigenvalue weighted by Gasteiger charge is -2.15. The molecule has 23 heavy (non-hydrogen) atoms. The third-order valence-electron chi connectivity index (χ3n) is 3.90. The average molecular weight is 324 g/mol. The average Bonchev–Trinajstić information content (AvgIpc) is 2.99. The number of carbonyl (C=O) groups excluding carboxylic acids is 1. The van der Waals surface area contributed by atoms with Crippen molar-refractivity contribution in [1.82, 2.24) is 10.3 Å². The third-order valence-corrected chi connectivity index (χ3v) is 5.00. The molecule has 0 saturated heterocycles. The van der Waals surface area contributed by atoms with Crippen LogP contribution in [0.15, 0.2) is 54.6 Å². The van der Waals surface area contributed by atoms with Crippen molar-refractivity contribution in [2.45, 2.75) is 25.7 Å². The van der Waals surface area contributed by atoms with Crippen molar-refractivity contribution in [1.29, 1.82) is 0 Å². The molecule has 3 nitrogen and oxygen atoms in total. The second kappa shape index (κ2) is 7.38. The second-order valence-corrected chi connectivity index (χ2v) is 6.60. The van der Waals surface area contributed by atoms with Crippen molar-refractivity contribution in [3.8, 4) is 0 Å². The van der Waals surface area contributed by atoms with Crippen molar-refractivity contribution >= 4 is 27.5 Å². The first-order valence-electron chi connectivity index (χ1n) is 7.95. The fourth-order valence-electron chi connectivity index (χ4n) is 2.70. The van der Waals surface area contributed by atoms with Crippen LogP contribution in [0.1, 0.15) is 29.8 Å². The van der Waals surface area contributed by atoms with Crippen LogP contribution in [0.4, 0.5) is 0 Å². The van der Waals surface area contributed by atoms with Gasteiger partial charge in [0, 0.05) is 13.0 Å². The smallest absolute Gasteiger partial charge is 0.227 e. The maximum atomic E-state index is 12.4. The molecule has 1 N–H and O–H groups in total. The Bertz CT molecular complexity index is 749. The van der Waals surface area contributed by atoms with Gasteiger partial charge in [0.25, 0.3) is 0 Å². The summed E-state index contributed by atoms with van der Waals surface area (Å²) in [5.74, 6) is 0.0198. The van der Waals surface area contributed by atoms with Gasteiger partial charge in [-0.05, 0) is 24.1 Å². The van der Waals surface area contributed by atoms with Gasteiger partial charge in [0.05, 0.1) is 21.1 Å². The van der Waals surface area contributed by atoms with Gasteiger partial charge in [0.15, 0.2) is 0 Å². The zero-order chi connectivity index (χ0) is 16.1. The van der Waals surface area contributed by atoms with Gasteiger partial charge in [0.1, 0.15) is 0 Å². The van der Waals surface area contributed by atoms with Crippen molar-refractivity contribution in [2.75, 3.05) is 6.54 Å². The molecule has 0 saturated carbocycles. The molecule has 3 aromatic rings. The highest BCUT2D eigenvalue weighted by molar-refractivity contribution is 7.18. The Hall–Kier alpha value is -2.20. The van der Waals surface area contributed by atoms with Crippen LogP contribution < -0.4 is 5.32 Å². The second-order valence-electron chi connectivity index (χ2n) is 5.49. The number of carbonyl (C=O) groups is 1. The molecule has 0 aliphatic rings. The Morgan fingerprint density at radius 1 is 1.13 bits per heavy atom. The lowest BCUT2D eigenvalue weighted by Crippen LogP contribution is -2.30. The number of rotatable bonds is 6. The summed E-state index contributed by atoms with van der Waals surface area (Å²) in [6.07, 6.45) is 1.58. The van der Waals surface area contributed by atoms with Gasteiger partial charge in [0.2, 0.25) is 5.91 Å². The van der Waals surface area contributed by atoms with Crippen LogP contribution >= 0.6 is 11.3 Å². The Labute approximate surface area is 140 Å². The van der Waals surface area contributed by atoms with Gasteiger partial charge in [-0.2, -0.15) is 0 Å². The molecule has 0 aliphatic heterocycles. The normalized spacial score (nSPS) is 12.2. The van der Waals surface area contributed by atoms with E-state index in [1.54, 1.807) is 11.3 Å². The standard InChI is InChI=1S/C19H20N2OS/c1-2-15(14-8-4-3-5-9-14)19(22)20-13-12-18-21-16-10-6-7-11-17(16)23-18/h3-11,15H,2,12-13H2,1H3,(H,20,22). The van der Waals surface area contributed by atoms with Gasteiger partial charge in [-0.3, -0.25) is 4.79 Å². The minimum absolute atomic E-state index is 0.0773. The van der Waals surface area contributed by atoms with E-state index in [4.69, 9.17) is 0 Å². The van der Waals surface area contributed by atoms with Crippen molar-refractivity contribution in [3.05, 3.63) is 65.2 Å². The highest BCUT2D eigenvalue weighted by Gasteiger charge is 2.17. The van der Waals surface area contributed by atoms with E-state index in [1.807, 2.05) is 55.5 Å². The van der Waals surface area contributed by atoms with Gasteiger partial charge in [-0.1, -0.05) is 49.4 Å². The zero-order valence-corrected chi connectivity index (χ0v) is 14.0. The monoisotopic (exact) mass is 324 g/mol. The number of thiazole rings is 1. The summed E-state index contributed by atoms with van der Waals surface area (Å²) < 4.78 is 1.20. The summed E-state index contributed by atoms with van der Waals surface area (Å²) in [5.41, 5.74) is 2.11. The molecule has 1 aromatic heterocycles. The molecule has 1 amide bonds. The van der Waals surface area contributed by atoms with Crippen molar-refractivity contribution < 1.29 is 4.79 Å². The maximum Gasteiger partial charge on any atom is 0.227 e. The minimum atomic E-state index is -0.0773. The summed E-state index contributed by atoms with van der Waals surface area (Å²) >= 11 is 1.70. The third kappa shape index (κ3) is 3.77. The lowest BCUT2D eigenvalue weighted by atomic mass is 9.96. The highest BCUT2D eigenvalue weighted by atomic mass is 32.1. The number of amides is 1. The topological polar surface area (TPSA) is 42.0 Å². The van der Waals surface area contributed by atoms with Gasteiger partial charge in [-0.15, -0.1) is 11.3 Å². The van der Waals surface area contributed by atoms with Crippen LogP contribution in [0.3, 0.4) is 0 Å². The fraction of sp³-hybridized carbons (Fsp3) is 0.263. The van der Waals surface area contributed by atoms with Crippen LogP contribution in [0, 0.1) is 0 Å². The number of fused-ring (bicyclic) bond motifs is 1. The molecule has 1 atom stereocenters. The molecule has 118 valence electrons. The van der Waals surface area contributed by atoms with E-state index in [0.29, 0.717) is 6.54 Å². The number of nitrogens with one attached hydrogen (secondary N) is 1. The molecule has 1 unspecified atom stereocenters. The lowest BCUT2D eigenvalue weighted by molar-refractivity contribution is -0.122. The molecule has 0 bridgehead atoms. The first-order chi connectivity index (χ1) is 11.3. The minimum Gasteiger partial charge on any atom is -0.355 e. The maximum absolute atomic E-state index is 12.4. The van der Waals surface area contributed by atoms with E-state index in [9.17, 15) is 4.79 Å². The molecular weight excluding hydrogens is 304 g/mol. The molecular formula is C19H20N2OS. The van der Waals surface area contributed by atoms with Crippen LogP contribution in [-0.4, -0.2) is 17.4 Å². The quantitative estimate of drug-likeness (QED) is 0.740. The Morgan fingerprint density at radius 3 is 2.61 bits per heavy atom. The summed E-state index contributed by atoms with van der Waals surface area (Å²) in [6.45, 7) is 2.67. The Morgan fingerprint density at radius 2 is 1.87 bits per heavy atom. The Balaban J connectivity index is 1.58. The van der Waals surface area contributed by atoms with Crippen LogP contribution in [0.2, 0.25) is 0 Å². The predicted octanol–water partition coefficient (Wildman–Crippen LogP) is 4.15. The summed E-state index contributed by atoms with van der Waals surface area (Å²) in [5, 5.41) is 4.12. The fourth-order valence-corrected chi connectivity index (χ4v) is 3.67. The number of hydrogen-bond acceptors (Lipinski definition) is 3. The number of hydrogen-bond donors (Lipinski definition) is 1. The highest BCUT2D eigenvalue weighted by Crippen LogP contribution is 2.22. The summed E-state index contributed by atoms with van der Waals surface area (Å²) in [6, 6.07) is 18.1. The van der Waals surface area contributed by atoms with E-state index in [0.717, 1.165) is 28.9 Å². The van der Waals surface area contributed by atoms with Crippen molar-refractivity contribution in [2.24, 2.45) is 0 Å². The molecule has 0 aliphatic carbocycles. The van der Waals surface area contributed by atoms with E-state index >= 15 is 0 Å². The molecule has 2 aromatic carbocycles. The molecule has 4 heteroatoms. The SMILES string of the molecule is CCC(C(=O)NCCc1nc2ccccc2s1)c1ccccc1. The summed E-state index contributed by atoms with van der Waals surface area (Å²) in [7, 11) is 0. The van der Waals surface area contributed by atoms with Crippen LogP contribution in [0.25, 0.3) is 10.2 Å². The van der Waals surface area contributed by atoms with Crippen molar-refractivity contribution in [3.63, 3.8) is 0 Å². The van der Waals surface area contributed by atoms with Crippen LogP contribution in [-0.2, 0) is 11.2 Å². The molecule has 0 radical (unpaired) electrons. The molecule has 0 spiro atoms. The summed E-state index contributed by atoms with van der Waals surface area (Å²) in [4.78, 5) is 17.0. The first-order valence-corrected chi connectivity index (χ1v) is 8.76. The van der Waals surface area contributed by atoms with E-state index < -0.39 is 0 Å². The van der Waals surface area contributed by atoms with Gasteiger partial charge < -0.3 is 5.32 Å². The van der Waals surface area contributed by atoms with E-state index in [-0.39, 0.29) is 11.8 Å². The number of aromatic nitrogens is 1. The zero-order valence-electron chi connectivity index (χ0n) is 13.2. The number of nitrogens with zero attached hydrogens (tertiary/aromatic N) is 1. The molecule has 3 rings (SSSR count). The van der Waals surface area contributed by atoms with E-state index in [1.165, 1.54) is 4.70 Å². The molecule has 0 fully saturated rings. The predicted molar refractivity (Wildman–Crippen MR) is 95.8 cm³/mol. The van der Waals surface area contributed by atoms with Crippen LogP contribution in [0.5, 0.6) is 0 Å². The largest absolute Gasteiger partial charge is 0.355 e. The van der Waals surface area contributed by atoms with E-state index in [2.05, 4.69) is 16.4 Å². The number of benzene rings is 2. The number of para-hydroxylation sites is 1. The van der Waals surface area contributed by atoms with Gasteiger partial charge >= 0.3 is 0 Å². The Kier molecular flexibility index (Phi) is 5.03. The molecule has 1 heterocycles. The van der Waals surface area contributed by atoms with Gasteiger partial charge in [-0.25, -0.2) is 4.98 Å². The first kappa shape index (κ1) is 15.7.